The first-order valence-electron chi connectivity index (χ1n) is 11.8. The molecular weight excluding hydrogens is 468 g/mol. The molecule has 0 saturated carbocycles. The summed E-state index contributed by atoms with van der Waals surface area (Å²) in [6.07, 6.45) is -0.630. The first-order valence-corrected chi connectivity index (χ1v) is 14.7. The van der Waals surface area contributed by atoms with E-state index in [1.807, 2.05) is 30.3 Å². The van der Waals surface area contributed by atoms with E-state index >= 15 is 0 Å². The zero-order valence-electron chi connectivity index (χ0n) is 21.3. The van der Waals surface area contributed by atoms with Gasteiger partial charge in [-0.05, 0) is 30.6 Å². The smallest absolute Gasteiger partial charge is 0.333 e. The Morgan fingerprint density at radius 1 is 1.20 bits per heavy atom. The molecule has 1 fully saturated rings. The molecule has 1 N–H and O–H groups in total. The van der Waals surface area contributed by atoms with E-state index in [9.17, 15) is 19.5 Å². The molecule has 0 bridgehead atoms. The van der Waals surface area contributed by atoms with E-state index in [4.69, 9.17) is 13.9 Å². The SMILES string of the molecule is Cc1cn([C@H]2C[C@H](O)[C@@H](CO[Si](C)(C)C(C)(C)C)O2)c(=O)n(CC(=O)OCc2ccccc2)c1=O. The summed E-state index contributed by atoms with van der Waals surface area (Å²) in [5, 5.41) is 10.6. The number of hydrogen-bond donors (Lipinski definition) is 1. The summed E-state index contributed by atoms with van der Waals surface area (Å²) in [7, 11) is -2.05. The average Bonchev–Trinajstić information content (AvgIpc) is 3.16. The molecule has 0 amide bonds. The summed E-state index contributed by atoms with van der Waals surface area (Å²) in [6.45, 7) is 11.9. The second-order valence-electron chi connectivity index (χ2n) is 10.5. The van der Waals surface area contributed by atoms with Gasteiger partial charge < -0.3 is 19.0 Å². The Kier molecular flexibility index (Phi) is 8.20. The van der Waals surface area contributed by atoms with Crippen molar-refractivity contribution in [2.24, 2.45) is 0 Å². The molecule has 9 nitrogen and oxygen atoms in total. The molecular formula is C25H36N2O7Si. The second-order valence-corrected chi connectivity index (χ2v) is 15.4. The fourth-order valence-electron chi connectivity index (χ4n) is 3.56. The Morgan fingerprint density at radius 2 is 1.86 bits per heavy atom. The summed E-state index contributed by atoms with van der Waals surface area (Å²) in [6, 6.07) is 9.13. The fraction of sp³-hybridized carbons (Fsp3) is 0.560. The number of ether oxygens (including phenoxy) is 2. The van der Waals surface area contributed by atoms with E-state index in [2.05, 4.69) is 33.9 Å². The number of hydrogen-bond acceptors (Lipinski definition) is 7. The molecule has 1 saturated heterocycles. The average molecular weight is 505 g/mol. The first-order chi connectivity index (χ1) is 16.3. The Labute approximate surface area is 206 Å². The monoisotopic (exact) mass is 504 g/mol. The number of aliphatic hydroxyl groups is 1. The molecule has 2 heterocycles. The molecule has 0 radical (unpaired) electrons. The highest BCUT2D eigenvalue weighted by Gasteiger charge is 2.41. The van der Waals surface area contributed by atoms with Crippen molar-refractivity contribution < 1.29 is 23.8 Å². The van der Waals surface area contributed by atoms with Gasteiger partial charge in [0.2, 0.25) is 0 Å². The summed E-state index contributed by atoms with van der Waals surface area (Å²) in [4.78, 5) is 38.2. The quantitative estimate of drug-likeness (QED) is 0.435. The topological polar surface area (TPSA) is 109 Å². The van der Waals surface area contributed by atoms with Crippen molar-refractivity contribution in [3.05, 3.63) is 68.5 Å². The lowest BCUT2D eigenvalue weighted by molar-refractivity contribution is -0.145. The summed E-state index contributed by atoms with van der Waals surface area (Å²) in [5.41, 5.74) is -0.187. The molecule has 3 atom stereocenters. The van der Waals surface area contributed by atoms with Crippen LogP contribution in [-0.2, 0) is 31.8 Å². The molecule has 1 aliphatic rings. The third kappa shape index (κ3) is 6.37. The van der Waals surface area contributed by atoms with Gasteiger partial charge in [0, 0.05) is 18.2 Å². The van der Waals surface area contributed by atoms with Gasteiger partial charge in [-0.15, -0.1) is 0 Å². The van der Waals surface area contributed by atoms with E-state index in [0.717, 1.165) is 10.1 Å². The number of aliphatic hydroxyl groups excluding tert-OH is 1. The summed E-state index contributed by atoms with van der Waals surface area (Å²) < 4.78 is 19.5. The Bertz CT molecular complexity index is 1150. The Hall–Kier alpha value is -2.53. The maximum Gasteiger partial charge on any atom is 0.333 e. The van der Waals surface area contributed by atoms with Crippen LogP contribution in [0.15, 0.2) is 46.1 Å². The highest BCUT2D eigenvalue weighted by atomic mass is 28.4. The first kappa shape index (κ1) is 27.1. The third-order valence-corrected chi connectivity index (χ3v) is 11.3. The van der Waals surface area contributed by atoms with Gasteiger partial charge in [0.15, 0.2) is 8.32 Å². The van der Waals surface area contributed by atoms with Gasteiger partial charge in [0.25, 0.3) is 5.56 Å². The maximum atomic E-state index is 13.1. The zero-order chi connectivity index (χ0) is 26.0. The molecule has 1 aromatic carbocycles. The highest BCUT2D eigenvalue weighted by molar-refractivity contribution is 6.74. The van der Waals surface area contributed by atoms with Crippen molar-refractivity contribution in [1.82, 2.24) is 9.13 Å². The van der Waals surface area contributed by atoms with Crippen molar-refractivity contribution in [2.75, 3.05) is 6.61 Å². The zero-order valence-corrected chi connectivity index (χ0v) is 22.3. The predicted octanol–water partition coefficient (Wildman–Crippen LogP) is 2.73. The van der Waals surface area contributed by atoms with Crippen molar-refractivity contribution in [2.45, 2.75) is 83.8 Å². The molecule has 192 valence electrons. The lowest BCUT2D eigenvalue weighted by Crippen LogP contribution is -2.44. The fourth-order valence-corrected chi connectivity index (χ4v) is 4.57. The third-order valence-electron chi connectivity index (χ3n) is 6.83. The normalized spacial score (nSPS) is 20.7. The standard InChI is InChI=1S/C25H36N2O7Si/c1-17-13-26(21-12-19(28)20(34-21)16-33-35(5,6)25(2,3)4)24(31)27(23(17)30)14-22(29)32-15-18-10-8-7-9-11-18/h7-11,13,19-21,28H,12,14-16H2,1-6H3/t19-,20+,21+/m0/s1. The van der Waals surface area contributed by atoms with Gasteiger partial charge in [-0.2, -0.15) is 0 Å². The Balaban J connectivity index is 1.73. The molecule has 35 heavy (non-hydrogen) atoms. The Morgan fingerprint density at radius 3 is 2.49 bits per heavy atom. The van der Waals surface area contributed by atoms with Gasteiger partial charge in [0.1, 0.15) is 25.5 Å². The van der Waals surface area contributed by atoms with Crippen LogP contribution < -0.4 is 11.2 Å². The number of aromatic nitrogens is 2. The summed E-state index contributed by atoms with van der Waals surface area (Å²) in [5.74, 6) is -0.696. The minimum absolute atomic E-state index is 0.00856. The highest BCUT2D eigenvalue weighted by Crippen LogP contribution is 2.37. The maximum absolute atomic E-state index is 13.1. The molecule has 0 spiro atoms. The van der Waals surface area contributed by atoms with Crippen molar-refractivity contribution in [1.29, 1.82) is 0 Å². The molecule has 2 aromatic rings. The van der Waals surface area contributed by atoms with Crippen LogP contribution in [0.3, 0.4) is 0 Å². The number of benzene rings is 1. The van der Waals surface area contributed by atoms with Crippen LogP contribution in [-0.4, -0.2) is 47.3 Å². The predicted molar refractivity (Wildman–Crippen MR) is 134 cm³/mol. The largest absolute Gasteiger partial charge is 0.459 e. The summed E-state index contributed by atoms with van der Waals surface area (Å²) >= 11 is 0. The van der Waals surface area contributed by atoms with Crippen LogP contribution in [0.1, 0.15) is 44.5 Å². The molecule has 0 aliphatic carbocycles. The lowest BCUT2D eigenvalue weighted by Gasteiger charge is -2.37. The number of esters is 1. The minimum atomic E-state index is -2.05. The van der Waals surface area contributed by atoms with E-state index in [0.29, 0.717) is 0 Å². The van der Waals surface area contributed by atoms with Crippen molar-refractivity contribution in [3.63, 3.8) is 0 Å². The molecule has 1 aromatic heterocycles. The molecule has 10 heteroatoms. The number of nitrogens with zero attached hydrogens (tertiary/aromatic N) is 2. The number of carbonyl (C=O) groups is 1. The molecule has 3 rings (SSSR count). The van der Waals surface area contributed by atoms with Crippen LogP contribution in [0.25, 0.3) is 0 Å². The van der Waals surface area contributed by atoms with Crippen molar-refractivity contribution in [3.8, 4) is 0 Å². The lowest BCUT2D eigenvalue weighted by atomic mass is 10.2. The molecule has 0 unspecified atom stereocenters. The van der Waals surface area contributed by atoms with Gasteiger partial charge in [-0.3, -0.25) is 14.2 Å². The van der Waals surface area contributed by atoms with Gasteiger partial charge in [-0.1, -0.05) is 51.1 Å². The van der Waals surface area contributed by atoms with Crippen LogP contribution in [0.2, 0.25) is 18.1 Å². The molecule has 1 aliphatic heterocycles. The van der Waals surface area contributed by atoms with Gasteiger partial charge in [0.05, 0.1) is 12.7 Å². The van der Waals surface area contributed by atoms with E-state index < -0.39 is 50.5 Å². The van der Waals surface area contributed by atoms with E-state index in [-0.39, 0.29) is 30.2 Å². The van der Waals surface area contributed by atoms with Crippen molar-refractivity contribution >= 4 is 14.3 Å². The number of rotatable bonds is 8. The van der Waals surface area contributed by atoms with Crippen LogP contribution in [0.4, 0.5) is 0 Å². The minimum Gasteiger partial charge on any atom is -0.459 e. The van der Waals surface area contributed by atoms with Crippen LogP contribution in [0.5, 0.6) is 0 Å². The van der Waals surface area contributed by atoms with E-state index in [1.165, 1.54) is 10.8 Å². The van der Waals surface area contributed by atoms with E-state index in [1.54, 1.807) is 6.92 Å². The van der Waals surface area contributed by atoms with Gasteiger partial charge >= 0.3 is 11.7 Å². The van der Waals surface area contributed by atoms with Crippen LogP contribution >= 0.6 is 0 Å². The van der Waals surface area contributed by atoms with Gasteiger partial charge in [-0.25, -0.2) is 9.36 Å². The number of aryl methyl sites for hydroxylation is 1. The van der Waals surface area contributed by atoms with Crippen LogP contribution in [0, 0.1) is 6.92 Å². The second kappa shape index (κ2) is 10.6. The number of carbonyl (C=O) groups excluding carboxylic acids is 1.